The number of amides is 1. The molecule has 0 spiro atoms. The number of hydrogen-bond donors (Lipinski definition) is 1. The van der Waals surface area contributed by atoms with Crippen molar-refractivity contribution in [2.24, 2.45) is 0 Å². The van der Waals surface area contributed by atoms with E-state index in [0.29, 0.717) is 24.3 Å². The fraction of sp³-hybridized carbons (Fsp3) is 0.300. The molecule has 1 amide bonds. The molecule has 0 bridgehead atoms. The van der Waals surface area contributed by atoms with Crippen molar-refractivity contribution >= 4 is 16.8 Å². The molecule has 1 N–H and O–H groups in total. The van der Waals surface area contributed by atoms with Gasteiger partial charge in [-0.15, -0.1) is 0 Å². The van der Waals surface area contributed by atoms with E-state index in [1.165, 1.54) is 5.56 Å². The molecule has 1 aliphatic rings. The normalized spacial score (nSPS) is 15.3. The number of aryl methyl sites for hydroxylation is 1. The standard InChI is InChI=1S/C30H32N2O4/c1-34-22-13-10-20(11-14-22)30-24(23-7-4-5-8-25(23)31-30)15-17-29(33)32-18-6-9-26(32)21-12-16-27(35-2)28(19-21)36-3/h4-5,7-8,10-14,16,19,26,31H,6,9,15,17-18H2,1-3H3. The maximum absolute atomic E-state index is 13.5. The van der Waals surface area contributed by atoms with Crippen LogP contribution in [0.5, 0.6) is 17.2 Å². The lowest BCUT2D eigenvalue weighted by atomic mass is 10.00. The van der Waals surface area contributed by atoms with E-state index in [4.69, 9.17) is 14.2 Å². The SMILES string of the molecule is COc1ccc(-c2[nH]c3ccccc3c2CCC(=O)N2CCCC2c2ccc(OC)c(OC)c2)cc1. The van der Waals surface area contributed by atoms with Crippen LogP contribution >= 0.6 is 0 Å². The van der Waals surface area contributed by atoms with E-state index in [2.05, 4.69) is 29.2 Å². The largest absolute Gasteiger partial charge is 0.497 e. The number of methoxy groups -OCH3 is 3. The topological polar surface area (TPSA) is 63.8 Å². The average Bonchev–Trinajstić information content (AvgIpc) is 3.57. The number of para-hydroxylation sites is 1. The number of H-pyrrole nitrogens is 1. The summed E-state index contributed by atoms with van der Waals surface area (Å²) in [5.74, 6) is 2.39. The van der Waals surface area contributed by atoms with Gasteiger partial charge in [-0.3, -0.25) is 4.79 Å². The number of carbonyl (C=O) groups excluding carboxylic acids is 1. The molecule has 36 heavy (non-hydrogen) atoms. The van der Waals surface area contributed by atoms with Crippen molar-refractivity contribution in [3.05, 3.63) is 77.9 Å². The summed E-state index contributed by atoms with van der Waals surface area (Å²) in [6.07, 6.45) is 3.06. The Hall–Kier alpha value is -3.93. The molecule has 6 nitrogen and oxygen atoms in total. The summed E-state index contributed by atoms with van der Waals surface area (Å²) in [6, 6.07) is 22.4. The fourth-order valence-electron chi connectivity index (χ4n) is 5.31. The fourth-order valence-corrected chi connectivity index (χ4v) is 5.31. The van der Waals surface area contributed by atoms with Gasteiger partial charge in [0.05, 0.1) is 27.4 Å². The van der Waals surface area contributed by atoms with Crippen LogP contribution in [0, 0.1) is 0 Å². The summed E-state index contributed by atoms with van der Waals surface area (Å²) in [5.41, 5.74) is 5.48. The van der Waals surface area contributed by atoms with Gasteiger partial charge in [-0.2, -0.15) is 0 Å². The lowest BCUT2D eigenvalue weighted by molar-refractivity contribution is -0.132. The van der Waals surface area contributed by atoms with Crippen molar-refractivity contribution in [1.82, 2.24) is 9.88 Å². The molecule has 0 radical (unpaired) electrons. The number of benzene rings is 3. The van der Waals surface area contributed by atoms with Gasteiger partial charge < -0.3 is 24.1 Å². The van der Waals surface area contributed by atoms with E-state index in [9.17, 15) is 4.79 Å². The predicted molar refractivity (Wildman–Crippen MR) is 142 cm³/mol. The molecule has 4 aromatic rings. The molecule has 3 aromatic carbocycles. The third kappa shape index (κ3) is 4.51. The third-order valence-electron chi connectivity index (χ3n) is 7.15. The number of nitrogens with zero attached hydrogens (tertiary/aromatic N) is 1. The van der Waals surface area contributed by atoms with E-state index in [-0.39, 0.29) is 11.9 Å². The van der Waals surface area contributed by atoms with Gasteiger partial charge in [-0.25, -0.2) is 0 Å². The molecular formula is C30H32N2O4. The van der Waals surface area contributed by atoms with Crippen molar-refractivity contribution in [2.75, 3.05) is 27.9 Å². The van der Waals surface area contributed by atoms with E-state index in [0.717, 1.165) is 52.9 Å². The Morgan fingerprint density at radius 3 is 2.47 bits per heavy atom. The van der Waals surface area contributed by atoms with Gasteiger partial charge in [0.1, 0.15) is 5.75 Å². The second kappa shape index (κ2) is 10.4. The zero-order valence-electron chi connectivity index (χ0n) is 21.0. The van der Waals surface area contributed by atoms with Crippen LogP contribution in [0.2, 0.25) is 0 Å². The molecule has 5 rings (SSSR count). The molecule has 0 aliphatic carbocycles. The Labute approximate surface area is 211 Å². The van der Waals surface area contributed by atoms with E-state index < -0.39 is 0 Å². The lowest BCUT2D eigenvalue weighted by Gasteiger charge is -2.26. The minimum Gasteiger partial charge on any atom is -0.497 e. The molecule has 0 saturated carbocycles. The van der Waals surface area contributed by atoms with E-state index in [1.54, 1.807) is 21.3 Å². The second-order valence-corrected chi connectivity index (χ2v) is 9.11. The molecular weight excluding hydrogens is 452 g/mol. The minimum absolute atomic E-state index is 0.0568. The number of ether oxygens (including phenoxy) is 3. The van der Waals surface area contributed by atoms with E-state index >= 15 is 0 Å². The van der Waals surface area contributed by atoms with Crippen LogP contribution in [0.3, 0.4) is 0 Å². The molecule has 1 unspecified atom stereocenters. The first kappa shape index (κ1) is 23.8. The Kier molecular flexibility index (Phi) is 6.85. The highest BCUT2D eigenvalue weighted by Crippen LogP contribution is 2.38. The molecule has 1 saturated heterocycles. The number of fused-ring (bicyclic) bond motifs is 1. The molecule has 1 atom stereocenters. The van der Waals surface area contributed by atoms with Crippen LogP contribution in [0.1, 0.15) is 36.4 Å². The van der Waals surface area contributed by atoms with Crippen LogP contribution in [-0.4, -0.2) is 43.7 Å². The molecule has 1 fully saturated rings. The maximum Gasteiger partial charge on any atom is 0.223 e. The summed E-state index contributed by atoms with van der Waals surface area (Å²) < 4.78 is 16.2. The van der Waals surface area contributed by atoms with Crippen molar-refractivity contribution in [3.63, 3.8) is 0 Å². The quantitative estimate of drug-likeness (QED) is 0.325. The van der Waals surface area contributed by atoms with Crippen LogP contribution in [0.15, 0.2) is 66.7 Å². The molecule has 6 heteroatoms. The average molecular weight is 485 g/mol. The summed E-state index contributed by atoms with van der Waals surface area (Å²) in [6.45, 7) is 0.775. The number of hydrogen-bond acceptors (Lipinski definition) is 4. The zero-order valence-corrected chi connectivity index (χ0v) is 21.0. The second-order valence-electron chi connectivity index (χ2n) is 9.11. The van der Waals surface area contributed by atoms with Crippen LogP contribution in [-0.2, 0) is 11.2 Å². The summed E-state index contributed by atoms with van der Waals surface area (Å²) in [4.78, 5) is 19.1. The first-order chi connectivity index (χ1) is 17.6. The lowest BCUT2D eigenvalue weighted by Crippen LogP contribution is -2.30. The number of rotatable bonds is 8. The minimum atomic E-state index is 0.0568. The van der Waals surface area contributed by atoms with Crippen LogP contribution < -0.4 is 14.2 Å². The highest BCUT2D eigenvalue weighted by Gasteiger charge is 2.30. The Morgan fingerprint density at radius 2 is 1.72 bits per heavy atom. The van der Waals surface area contributed by atoms with Gasteiger partial charge in [-0.05, 0) is 78.4 Å². The molecule has 1 aliphatic heterocycles. The molecule has 1 aromatic heterocycles. The van der Waals surface area contributed by atoms with Gasteiger partial charge in [0.2, 0.25) is 5.91 Å². The number of carbonyl (C=O) groups is 1. The first-order valence-electron chi connectivity index (χ1n) is 12.4. The third-order valence-corrected chi connectivity index (χ3v) is 7.15. The van der Waals surface area contributed by atoms with E-state index in [1.807, 2.05) is 47.4 Å². The van der Waals surface area contributed by atoms with Gasteiger partial charge in [0.25, 0.3) is 0 Å². The highest BCUT2D eigenvalue weighted by molar-refractivity contribution is 5.91. The van der Waals surface area contributed by atoms with Gasteiger partial charge in [0.15, 0.2) is 11.5 Å². The zero-order chi connectivity index (χ0) is 25.1. The number of likely N-dealkylation sites (tertiary alicyclic amines) is 1. The Bertz CT molecular complexity index is 1360. The van der Waals surface area contributed by atoms with Gasteiger partial charge in [-0.1, -0.05) is 24.3 Å². The first-order valence-corrected chi connectivity index (χ1v) is 12.4. The highest BCUT2D eigenvalue weighted by atomic mass is 16.5. The Balaban J connectivity index is 1.38. The smallest absolute Gasteiger partial charge is 0.223 e. The Morgan fingerprint density at radius 1 is 0.944 bits per heavy atom. The molecule has 186 valence electrons. The van der Waals surface area contributed by atoms with Crippen molar-refractivity contribution in [2.45, 2.75) is 31.7 Å². The predicted octanol–water partition coefficient (Wildman–Crippen LogP) is 6.16. The maximum atomic E-state index is 13.5. The van der Waals surface area contributed by atoms with Crippen LogP contribution in [0.25, 0.3) is 22.2 Å². The number of aromatic amines is 1. The van der Waals surface area contributed by atoms with Crippen molar-refractivity contribution in [3.8, 4) is 28.5 Å². The van der Waals surface area contributed by atoms with Gasteiger partial charge >= 0.3 is 0 Å². The van der Waals surface area contributed by atoms with Crippen molar-refractivity contribution < 1.29 is 19.0 Å². The summed E-state index contributed by atoms with van der Waals surface area (Å²) >= 11 is 0. The van der Waals surface area contributed by atoms with Crippen molar-refractivity contribution in [1.29, 1.82) is 0 Å². The van der Waals surface area contributed by atoms with Gasteiger partial charge in [0, 0.05) is 29.6 Å². The number of nitrogens with one attached hydrogen (secondary N) is 1. The number of aromatic nitrogens is 1. The molecule has 2 heterocycles. The monoisotopic (exact) mass is 484 g/mol. The summed E-state index contributed by atoms with van der Waals surface area (Å²) in [5, 5.41) is 1.16. The summed E-state index contributed by atoms with van der Waals surface area (Å²) in [7, 11) is 4.94. The van der Waals surface area contributed by atoms with Crippen LogP contribution in [0.4, 0.5) is 0 Å².